The van der Waals surface area contributed by atoms with Crippen LogP contribution in [0.15, 0.2) is 34.5 Å². The quantitative estimate of drug-likeness (QED) is 0.450. The lowest BCUT2D eigenvalue weighted by Crippen LogP contribution is -2.30. The monoisotopic (exact) mass is 283 g/mol. The summed E-state index contributed by atoms with van der Waals surface area (Å²) >= 11 is 3.42. The summed E-state index contributed by atoms with van der Waals surface area (Å²) in [4.78, 5) is 0. The molecule has 1 atom stereocenters. The van der Waals surface area contributed by atoms with E-state index < -0.39 is 0 Å². The van der Waals surface area contributed by atoms with E-state index >= 15 is 0 Å². The van der Waals surface area contributed by atoms with E-state index in [1.54, 1.807) is 0 Å². The molecule has 5 N–H and O–H groups in total. The fourth-order valence-corrected chi connectivity index (χ4v) is 2.14. The smallest absolute Gasteiger partial charge is 0.115 e. The van der Waals surface area contributed by atoms with E-state index in [0.29, 0.717) is 12.3 Å². The first-order chi connectivity index (χ1) is 7.72. The molecule has 1 aliphatic heterocycles. The molecule has 0 aromatic heterocycles. The molecule has 1 heterocycles. The summed E-state index contributed by atoms with van der Waals surface area (Å²) in [6.07, 6.45) is 2.95. The van der Waals surface area contributed by atoms with E-state index in [0.717, 1.165) is 22.2 Å². The molecule has 1 aromatic carbocycles. The van der Waals surface area contributed by atoms with Gasteiger partial charge in [-0.3, -0.25) is 5.84 Å². The average molecular weight is 284 g/mol. The summed E-state index contributed by atoms with van der Waals surface area (Å²) in [5.74, 6) is 6.40. The summed E-state index contributed by atoms with van der Waals surface area (Å²) in [6, 6.07) is 5.51. The third-order valence-electron chi connectivity index (χ3n) is 2.54. The van der Waals surface area contributed by atoms with Crippen LogP contribution in [0.3, 0.4) is 0 Å². The predicted octanol–water partition coefficient (Wildman–Crippen LogP) is 1.84. The fraction of sp³-hybridized carbons (Fsp3) is 0.273. The van der Waals surface area contributed by atoms with Gasteiger partial charge in [0, 0.05) is 22.1 Å². The van der Waals surface area contributed by atoms with Crippen molar-refractivity contribution in [3.05, 3.63) is 40.1 Å². The molecule has 5 heteroatoms. The zero-order chi connectivity index (χ0) is 11.5. The SMILES string of the molecule is NNC(C1=CCCO1)c1cc(Br)ccc1N. The maximum atomic E-state index is 5.93. The molecule has 2 rings (SSSR count). The number of nitrogens with two attached hydrogens (primary N) is 2. The van der Waals surface area contributed by atoms with E-state index in [1.807, 2.05) is 24.3 Å². The third-order valence-corrected chi connectivity index (χ3v) is 3.04. The van der Waals surface area contributed by atoms with Crippen LogP contribution < -0.4 is 17.0 Å². The molecule has 0 fully saturated rings. The van der Waals surface area contributed by atoms with Crippen LogP contribution in [0.2, 0.25) is 0 Å². The fourth-order valence-electron chi connectivity index (χ4n) is 1.76. The average Bonchev–Trinajstić information content (AvgIpc) is 2.78. The number of nitrogen functional groups attached to an aromatic ring is 1. The number of hydrogen-bond acceptors (Lipinski definition) is 4. The Morgan fingerprint density at radius 2 is 2.25 bits per heavy atom. The van der Waals surface area contributed by atoms with Crippen LogP contribution in [-0.4, -0.2) is 6.61 Å². The zero-order valence-corrected chi connectivity index (χ0v) is 10.3. The van der Waals surface area contributed by atoms with Crippen LogP contribution >= 0.6 is 15.9 Å². The molecule has 16 heavy (non-hydrogen) atoms. The second-order valence-electron chi connectivity index (χ2n) is 3.62. The van der Waals surface area contributed by atoms with E-state index in [4.69, 9.17) is 16.3 Å². The van der Waals surface area contributed by atoms with Gasteiger partial charge in [-0.05, 0) is 24.3 Å². The first-order valence-electron chi connectivity index (χ1n) is 5.06. The van der Waals surface area contributed by atoms with Crippen molar-refractivity contribution < 1.29 is 4.74 Å². The number of rotatable bonds is 3. The topological polar surface area (TPSA) is 73.3 Å². The van der Waals surface area contributed by atoms with Crippen molar-refractivity contribution in [1.82, 2.24) is 5.43 Å². The van der Waals surface area contributed by atoms with Crippen molar-refractivity contribution in [2.45, 2.75) is 12.5 Å². The number of halogens is 1. The number of hydrazine groups is 1. The summed E-state index contributed by atoms with van der Waals surface area (Å²) in [6.45, 7) is 0.710. The Kier molecular flexibility index (Phi) is 3.48. The highest BCUT2D eigenvalue weighted by molar-refractivity contribution is 9.10. The molecule has 1 unspecified atom stereocenters. The van der Waals surface area contributed by atoms with Crippen LogP contribution in [0, 0.1) is 0 Å². The molecule has 0 radical (unpaired) electrons. The molecule has 0 spiro atoms. The van der Waals surface area contributed by atoms with Gasteiger partial charge in [0.2, 0.25) is 0 Å². The van der Waals surface area contributed by atoms with E-state index in [1.165, 1.54) is 0 Å². The lowest BCUT2D eigenvalue weighted by atomic mass is 10.0. The van der Waals surface area contributed by atoms with E-state index in [9.17, 15) is 0 Å². The Morgan fingerprint density at radius 1 is 1.44 bits per heavy atom. The number of anilines is 1. The molecule has 4 nitrogen and oxygen atoms in total. The Balaban J connectivity index is 2.35. The standard InChI is InChI=1S/C11H14BrN3O/c12-7-3-4-9(13)8(6-7)11(15-14)10-2-1-5-16-10/h2-4,6,11,15H,1,5,13-14H2. The van der Waals surface area contributed by atoms with Gasteiger partial charge >= 0.3 is 0 Å². The Labute approximate surface area is 103 Å². The summed E-state index contributed by atoms with van der Waals surface area (Å²) in [5.41, 5.74) is 10.3. The summed E-state index contributed by atoms with van der Waals surface area (Å²) in [5, 5.41) is 0. The number of nitrogens with one attached hydrogen (secondary N) is 1. The third kappa shape index (κ3) is 2.21. The maximum absolute atomic E-state index is 5.93. The van der Waals surface area contributed by atoms with Gasteiger partial charge in [-0.2, -0.15) is 0 Å². The summed E-state index contributed by atoms with van der Waals surface area (Å²) < 4.78 is 6.47. The zero-order valence-electron chi connectivity index (χ0n) is 8.74. The highest BCUT2D eigenvalue weighted by Crippen LogP contribution is 2.31. The van der Waals surface area contributed by atoms with Gasteiger partial charge in [-0.1, -0.05) is 15.9 Å². The Hall–Kier alpha value is -1.04. The van der Waals surface area contributed by atoms with Gasteiger partial charge in [0.25, 0.3) is 0 Å². The lowest BCUT2D eigenvalue weighted by Gasteiger charge is -2.19. The maximum Gasteiger partial charge on any atom is 0.115 e. The van der Waals surface area contributed by atoms with Crippen molar-refractivity contribution in [2.24, 2.45) is 5.84 Å². The molecule has 0 saturated carbocycles. The van der Waals surface area contributed by atoms with E-state index in [-0.39, 0.29) is 6.04 Å². The normalized spacial score (nSPS) is 16.8. The van der Waals surface area contributed by atoms with Gasteiger partial charge in [0.1, 0.15) is 11.8 Å². The van der Waals surface area contributed by atoms with Crippen LogP contribution in [0.1, 0.15) is 18.0 Å². The molecule has 1 aromatic rings. The van der Waals surface area contributed by atoms with Crippen molar-refractivity contribution in [1.29, 1.82) is 0 Å². The minimum absolute atomic E-state index is 0.181. The molecule has 0 saturated heterocycles. The minimum Gasteiger partial charge on any atom is -0.496 e. The van der Waals surface area contributed by atoms with Gasteiger partial charge in [0.15, 0.2) is 0 Å². The van der Waals surface area contributed by atoms with Crippen molar-refractivity contribution in [3.8, 4) is 0 Å². The van der Waals surface area contributed by atoms with Gasteiger partial charge in [0.05, 0.1) is 6.61 Å². The molecule has 86 valence electrons. The van der Waals surface area contributed by atoms with Crippen molar-refractivity contribution >= 4 is 21.6 Å². The summed E-state index contributed by atoms with van der Waals surface area (Å²) in [7, 11) is 0. The molecule has 0 aliphatic carbocycles. The van der Waals surface area contributed by atoms with Crippen LogP contribution in [0.4, 0.5) is 5.69 Å². The largest absolute Gasteiger partial charge is 0.496 e. The number of hydrogen-bond donors (Lipinski definition) is 3. The first-order valence-corrected chi connectivity index (χ1v) is 5.85. The Morgan fingerprint density at radius 3 is 2.88 bits per heavy atom. The second kappa shape index (κ2) is 4.86. The molecular weight excluding hydrogens is 270 g/mol. The highest BCUT2D eigenvalue weighted by atomic mass is 79.9. The molecule has 0 bridgehead atoms. The Bertz CT molecular complexity index is 420. The van der Waals surface area contributed by atoms with Crippen LogP contribution in [0.5, 0.6) is 0 Å². The predicted molar refractivity (Wildman–Crippen MR) is 67.3 cm³/mol. The second-order valence-corrected chi connectivity index (χ2v) is 4.53. The first kappa shape index (κ1) is 11.4. The van der Waals surface area contributed by atoms with Crippen molar-refractivity contribution in [2.75, 3.05) is 12.3 Å². The van der Waals surface area contributed by atoms with E-state index in [2.05, 4.69) is 21.4 Å². The van der Waals surface area contributed by atoms with Crippen LogP contribution in [-0.2, 0) is 4.74 Å². The van der Waals surface area contributed by atoms with Gasteiger partial charge < -0.3 is 10.5 Å². The molecule has 0 amide bonds. The molecular formula is C11H14BrN3O. The van der Waals surface area contributed by atoms with Crippen molar-refractivity contribution in [3.63, 3.8) is 0 Å². The minimum atomic E-state index is -0.181. The molecule has 1 aliphatic rings. The van der Waals surface area contributed by atoms with Crippen LogP contribution in [0.25, 0.3) is 0 Å². The number of benzene rings is 1. The van der Waals surface area contributed by atoms with Gasteiger partial charge in [-0.25, -0.2) is 5.43 Å². The lowest BCUT2D eigenvalue weighted by molar-refractivity contribution is 0.216. The van der Waals surface area contributed by atoms with Gasteiger partial charge in [-0.15, -0.1) is 0 Å². The highest BCUT2D eigenvalue weighted by Gasteiger charge is 2.21. The number of ether oxygens (including phenoxy) is 1.